The maximum Gasteiger partial charge on any atom is 0.149 e. The van der Waals surface area contributed by atoms with E-state index in [1.165, 1.54) is 17.2 Å². The number of halogens is 2. The predicted octanol–water partition coefficient (Wildman–Crippen LogP) is 9.12. The van der Waals surface area contributed by atoms with Crippen LogP contribution in [-0.2, 0) is 0 Å². The summed E-state index contributed by atoms with van der Waals surface area (Å²) in [6, 6.07) is 22.2. The summed E-state index contributed by atoms with van der Waals surface area (Å²) in [6.07, 6.45) is 0. The zero-order valence-electron chi connectivity index (χ0n) is 20.6. The molecule has 6 aromatic rings. The van der Waals surface area contributed by atoms with E-state index in [1.54, 1.807) is 6.07 Å². The third kappa shape index (κ3) is 3.34. The van der Waals surface area contributed by atoms with Crippen molar-refractivity contribution in [2.75, 3.05) is 0 Å². The molecule has 0 bridgehead atoms. The van der Waals surface area contributed by atoms with Gasteiger partial charge in [0.15, 0.2) is 0 Å². The van der Waals surface area contributed by atoms with Crippen molar-refractivity contribution in [3.63, 3.8) is 0 Å². The van der Waals surface area contributed by atoms with E-state index in [9.17, 15) is 8.78 Å². The molecule has 4 aromatic carbocycles. The lowest BCUT2D eigenvalue weighted by Gasteiger charge is -2.22. The fraction of sp³-hybridized carbons (Fsp3) is 0.194. The van der Waals surface area contributed by atoms with Gasteiger partial charge in [0.05, 0.1) is 27.7 Å². The molecule has 2 heterocycles. The maximum absolute atomic E-state index is 14.8. The Hall–Kier alpha value is -3.99. The van der Waals surface area contributed by atoms with Crippen LogP contribution in [-0.4, -0.2) is 9.55 Å². The molecule has 0 fully saturated rings. The monoisotopic (exact) mass is 480 g/mol. The van der Waals surface area contributed by atoms with Crippen molar-refractivity contribution in [3.05, 3.63) is 95.6 Å². The fourth-order valence-electron chi connectivity index (χ4n) is 5.22. The topological polar surface area (TPSA) is 31.0 Å². The van der Waals surface area contributed by atoms with Gasteiger partial charge in [0.25, 0.3) is 0 Å². The molecule has 180 valence electrons. The highest BCUT2D eigenvalue weighted by Gasteiger charge is 2.24. The maximum atomic E-state index is 14.8. The van der Waals surface area contributed by atoms with Crippen molar-refractivity contribution in [2.24, 2.45) is 0 Å². The van der Waals surface area contributed by atoms with Crippen molar-refractivity contribution in [1.82, 2.24) is 9.55 Å². The average Bonchev–Trinajstić information content (AvgIpc) is 3.41. The van der Waals surface area contributed by atoms with Crippen molar-refractivity contribution in [2.45, 2.75) is 39.5 Å². The molecular formula is C31H26F2N2O. The molecule has 0 radical (unpaired) electrons. The summed E-state index contributed by atoms with van der Waals surface area (Å²) >= 11 is 0. The molecular weight excluding hydrogens is 454 g/mol. The molecule has 0 aliphatic carbocycles. The third-order valence-electron chi connectivity index (χ3n) is 6.88. The Morgan fingerprint density at radius 3 is 2.22 bits per heavy atom. The van der Waals surface area contributed by atoms with Crippen LogP contribution in [0.5, 0.6) is 0 Å². The normalized spacial score (nSPS) is 12.1. The first-order chi connectivity index (χ1) is 17.3. The highest BCUT2D eigenvalue weighted by Crippen LogP contribution is 2.41. The molecule has 0 saturated carbocycles. The summed E-state index contributed by atoms with van der Waals surface area (Å²) in [4.78, 5) is 5.06. The van der Waals surface area contributed by atoms with Crippen LogP contribution in [0.25, 0.3) is 50.0 Å². The standard InChI is InChI=1S/C31H26F2N2O/c1-17(2)20-9-7-10-21(18(3)4)29(20)35-26-14-6-5-13-25(26)34-31(35)23-12-8-11-22-28-24(33)15-19(32)16-27(28)36-30(22)23/h5-18H,1-4H3. The van der Waals surface area contributed by atoms with Crippen molar-refractivity contribution in [3.8, 4) is 17.1 Å². The summed E-state index contributed by atoms with van der Waals surface area (Å²) in [5.74, 6) is -0.0304. The molecule has 2 aromatic heterocycles. The largest absolute Gasteiger partial charge is 0.455 e. The van der Waals surface area contributed by atoms with Crippen LogP contribution in [0.2, 0.25) is 0 Å². The molecule has 0 atom stereocenters. The third-order valence-corrected chi connectivity index (χ3v) is 6.88. The lowest BCUT2D eigenvalue weighted by atomic mass is 9.92. The Morgan fingerprint density at radius 1 is 0.806 bits per heavy atom. The second-order valence-electron chi connectivity index (χ2n) is 9.90. The number of hydrogen-bond donors (Lipinski definition) is 0. The van der Waals surface area contributed by atoms with E-state index < -0.39 is 11.6 Å². The van der Waals surface area contributed by atoms with Gasteiger partial charge in [0.1, 0.15) is 28.6 Å². The van der Waals surface area contributed by atoms with Crippen molar-refractivity contribution in [1.29, 1.82) is 0 Å². The molecule has 0 unspecified atom stereocenters. The van der Waals surface area contributed by atoms with E-state index in [2.05, 4.69) is 56.5 Å². The lowest BCUT2D eigenvalue weighted by molar-refractivity contribution is 0.584. The number of fused-ring (bicyclic) bond motifs is 4. The predicted molar refractivity (Wildman–Crippen MR) is 142 cm³/mol. The highest BCUT2D eigenvalue weighted by atomic mass is 19.1. The molecule has 5 heteroatoms. The molecule has 0 N–H and O–H groups in total. The Balaban J connectivity index is 1.77. The number of para-hydroxylation sites is 4. The second kappa shape index (κ2) is 8.30. The van der Waals surface area contributed by atoms with E-state index in [-0.39, 0.29) is 22.8 Å². The molecule has 0 saturated heterocycles. The zero-order chi connectivity index (χ0) is 25.1. The fourth-order valence-corrected chi connectivity index (χ4v) is 5.22. The summed E-state index contributed by atoms with van der Waals surface area (Å²) in [7, 11) is 0. The minimum Gasteiger partial charge on any atom is -0.455 e. The number of furan rings is 1. The second-order valence-corrected chi connectivity index (χ2v) is 9.90. The van der Waals surface area contributed by atoms with Gasteiger partial charge in [-0.2, -0.15) is 0 Å². The van der Waals surface area contributed by atoms with E-state index in [0.29, 0.717) is 16.8 Å². The van der Waals surface area contributed by atoms with E-state index >= 15 is 0 Å². The molecule has 3 nitrogen and oxygen atoms in total. The molecule has 36 heavy (non-hydrogen) atoms. The van der Waals surface area contributed by atoms with E-state index in [1.807, 2.05) is 30.3 Å². The number of aromatic nitrogens is 2. The van der Waals surface area contributed by atoms with Crippen molar-refractivity contribution >= 4 is 33.0 Å². The summed E-state index contributed by atoms with van der Waals surface area (Å²) in [6.45, 7) is 8.77. The number of imidazole rings is 1. The van der Waals surface area contributed by atoms with Crippen LogP contribution < -0.4 is 0 Å². The molecule has 0 spiro atoms. The Kier molecular flexibility index (Phi) is 5.18. The minimum absolute atomic E-state index is 0.183. The van der Waals surface area contributed by atoms with Gasteiger partial charge in [-0.05, 0) is 41.2 Å². The van der Waals surface area contributed by atoms with Gasteiger partial charge >= 0.3 is 0 Å². The van der Waals surface area contributed by atoms with Crippen LogP contribution in [0.15, 0.2) is 77.2 Å². The van der Waals surface area contributed by atoms with Crippen LogP contribution in [0.4, 0.5) is 8.78 Å². The minimum atomic E-state index is -0.666. The molecule has 6 rings (SSSR count). The number of benzene rings is 4. The first-order valence-electron chi connectivity index (χ1n) is 12.3. The number of hydrogen-bond acceptors (Lipinski definition) is 2. The zero-order valence-corrected chi connectivity index (χ0v) is 20.6. The van der Waals surface area contributed by atoms with Crippen LogP contribution in [0, 0.1) is 11.6 Å². The first-order valence-corrected chi connectivity index (χ1v) is 12.3. The lowest BCUT2D eigenvalue weighted by Crippen LogP contribution is -2.08. The van der Waals surface area contributed by atoms with Gasteiger partial charge in [0, 0.05) is 17.5 Å². The van der Waals surface area contributed by atoms with Gasteiger partial charge in [0.2, 0.25) is 0 Å². The van der Waals surface area contributed by atoms with Crippen LogP contribution in [0.3, 0.4) is 0 Å². The molecule has 0 aliphatic rings. The highest BCUT2D eigenvalue weighted by molar-refractivity contribution is 6.09. The van der Waals surface area contributed by atoms with Crippen LogP contribution in [0.1, 0.15) is 50.7 Å². The SMILES string of the molecule is CC(C)c1cccc(C(C)C)c1-n1c(-c2cccc3c2oc2cc(F)cc(F)c23)nc2ccccc21. The Morgan fingerprint density at radius 2 is 1.50 bits per heavy atom. The van der Waals surface area contributed by atoms with E-state index in [4.69, 9.17) is 9.40 Å². The van der Waals surface area contributed by atoms with Crippen LogP contribution >= 0.6 is 0 Å². The van der Waals surface area contributed by atoms with Gasteiger partial charge in [-0.25, -0.2) is 13.8 Å². The van der Waals surface area contributed by atoms with E-state index in [0.717, 1.165) is 28.4 Å². The summed E-state index contributed by atoms with van der Waals surface area (Å²) in [5.41, 5.74) is 6.78. The smallest absolute Gasteiger partial charge is 0.149 e. The number of rotatable bonds is 4. The molecule has 0 aliphatic heterocycles. The Bertz CT molecular complexity index is 1750. The Labute approximate surface area is 208 Å². The summed E-state index contributed by atoms with van der Waals surface area (Å²) < 4.78 is 37.1. The quantitative estimate of drug-likeness (QED) is 0.252. The van der Waals surface area contributed by atoms with Gasteiger partial charge in [-0.15, -0.1) is 0 Å². The molecule has 0 amide bonds. The van der Waals surface area contributed by atoms with Gasteiger partial charge in [-0.3, -0.25) is 4.57 Å². The van der Waals surface area contributed by atoms with Crippen molar-refractivity contribution < 1.29 is 13.2 Å². The first kappa shape index (κ1) is 22.5. The van der Waals surface area contributed by atoms with Gasteiger partial charge < -0.3 is 4.42 Å². The van der Waals surface area contributed by atoms with Gasteiger partial charge in [-0.1, -0.05) is 70.2 Å². The average molecular weight is 481 g/mol. The summed E-state index contributed by atoms with van der Waals surface area (Å²) in [5, 5.41) is 0.876. The number of nitrogens with zero attached hydrogens (tertiary/aromatic N) is 2.